The van der Waals surface area contributed by atoms with Crippen LogP contribution in [-0.2, 0) is 13.0 Å². The number of anilines is 2. The van der Waals surface area contributed by atoms with Gasteiger partial charge in [0.1, 0.15) is 5.82 Å². The third kappa shape index (κ3) is 2.26. The maximum Gasteiger partial charge on any atom is 0.141 e. The Morgan fingerprint density at radius 2 is 2.11 bits per heavy atom. The van der Waals surface area contributed by atoms with Crippen molar-refractivity contribution in [3.63, 3.8) is 0 Å². The standard InChI is InChI=1S/C15H14ClFN2/c16-12-8-10(4-5-13(12)17)9-19-7-6-11-2-1-3-14(18)15(11)19/h1-5,8H,6-7,9,18H2. The lowest BCUT2D eigenvalue weighted by atomic mass is 10.1. The van der Waals surface area contributed by atoms with Gasteiger partial charge >= 0.3 is 0 Å². The summed E-state index contributed by atoms with van der Waals surface area (Å²) in [7, 11) is 0. The van der Waals surface area contributed by atoms with Crippen molar-refractivity contribution >= 4 is 23.0 Å². The van der Waals surface area contributed by atoms with E-state index in [1.54, 1.807) is 12.1 Å². The van der Waals surface area contributed by atoms with E-state index in [0.717, 1.165) is 29.9 Å². The fraction of sp³-hybridized carbons (Fsp3) is 0.200. The van der Waals surface area contributed by atoms with Crippen LogP contribution in [0.25, 0.3) is 0 Å². The van der Waals surface area contributed by atoms with Crippen molar-refractivity contribution in [1.29, 1.82) is 0 Å². The summed E-state index contributed by atoms with van der Waals surface area (Å²) in [4.78, 5) is 2.22. The molecule has 0 amide bonds. The molecular weight excluding hydrogens is 263 g/mol. The molecular formula is C15H14ClFN2. The molecule has 0 spiro atoms. The minimum absolute atomic E-state index is 0.165. The highest BCUT2D eigenvalue weighted by Crippen LogP contribution is 2.34. The molecule has 0 aromatic heterocycles. The quantitative estimate of drug-likeness (QED) is 0.849. The summed E-state index contributed by atoms with van der Waals surface area (Å²) < 4.78 is 13.1. The SMILES string of the molecule is Nc1cccc2c1N(Cc1ccc(F)c(Cl)c1)CC2. The summed E-state index contributed by atoms with van der Waals surface area (Å²) in [6.07, 6.45) is 0.995. The van der Waals surface area contributed by atoms with E-state index < -0.39 is 0 Å². The zero-order valence-corrected chi connectivity index (χ0v) is 11.1. The molecule has 0 fully saturated rings. The van der Waals surface area contributed by atoms with Crippen LogP contribution in [0.2, 0.25) is 5.02 Å². The summed E-state index contributed by atoms with van der Waals surface area (Å²) in [6.45, 7) is 1.62. The van der Waals surface area contributed by atoms with Crippen molar-refractivity contribution < 1.29 is 4.39 Å². The van der Waals surface area contributed by atoms with Gasteiger partial charge in [-0.15, -0.1) is 0 Å². The lowest BCUT2D eigenvalue weighted by Gasteiger charge is -2.21. The summed E-state index contributed by atoms with van der Waals surface area (Å²) in [5, 5.41) is 0.165. The first-order chi connectivity index (χ1) is 9.15. The first-order valence-corrected chi connectivity index (χ1v) is 6.59. The lowest BCUT2D eigenvalue weighted by Crippen LogP contribution is -2.20. The molecule has 2 N–H and O–H groups in total. The van der Waals surface area contributed by atoms with Crippen LogP contribution in [0.15, 0.2) is 36.4 Å². The van der Waals surface area contributed by atoms with E-state index in [1.165, 1.54) is 11.6 Å². The Morgan fingerprint density at radius 3 is 2.89 bits per heavy atom. The van der Waals surface area contributed by atoms with E-state index >= 15 is 0 Å². The normalized spacial score (nSPS) is 13.7. The van der Waals surface area contributed by atoms with Crippen molar-refractivity contribution in [3.8, 4) is 0 Å². The Balaban J connectivity index is 1.88. The van der Waals surface area contributed by atoms with E-state index in [-0.39, 0.29) is 10.8 Å². The first kappa shape index (κ1) is 12.3. The number of hydrogen-bond acceptors (Lipinski definition) is 2. The number of nitrogen functional groups attached to an aromatic ring is 1. The number of rotatable bonds is 2. The van der Waals surface area contributed by atoms with Gasteiger partial charge in [-0.25, -0.2) is 4.39 Å². The van der Waals surface area contributed by atoms with E-state index in [0.29, 0.717) is 6.54 Å². The maximum absolute atomic E-state index is 13.1. The fourth-order valence-corrected chi connectivity index (χ4v) is 2.79. The molecule has 4 heteroatoms. The molecule has 2 aromatic carbocycles. The Bertz CT molecular complexity index is 628. The molecule has 0 saturated carbocycles. The monoisotopic (exact) mass is 276 g/mol. The maximum atomic E-state index is 13.1. The van der Waals surface area contributed by atoms with Crippen molar-refractivity contribution in [1.82, 2.24) is 0 Å². The zero-order valence-electron chi connectivity index (χ0n) is 10.4. The molecule has 0 bridgehead atoms. The molecule has 0 radical (unpaired) electrons. The van der Waals surface area contributed by atoms with Crippen molar-refractivity contribution in [2.24, 2.45) is 0 Å². The van der Waals surface area contributed by atoms with Gasteiger partial charge in [-0.05, 0) is 35.7 Å². The summed E-state index contributed by atoms with van der Waals surface area (Å²) in [6, 6.07) is 10.8. The number of fused-ring (bicyclic) bond motifs is 1. The fourth-order valence-electron chi connectivity index (χ4n) is 2.58. The van der Waals surface area contributed by atoms with Crippen LogP contribution in [0.5, 0.6) is 0 Å². The number of nitrogens with zero attached hydrogens (tertiary/aromatic N) is 1. The second kappa shape index (κ2) is 4.74. The number of nitrogens with two attached hydrogens (primary N) is 1. The van der Waals surface area contributed by atoms with Gasteiger partial charge in [0.25, 0.3) is 0 Å². The highest BCUT2D eigenvalue weighted by atomic mass is 35.5. The third-order valence-corrected chi connectivity index (χ3v) is 3.77. The molecule has 3 rings (SSSR count). The smallest absolute Gasteiger partial charge is 0.141 e. The van der Waals surface area contributed by atoms with Gasteiger partial charge in [-0.1, -0.05) is 29.8 Å². The van der Waals surface area contributed by atoms with Crippen LogP contribution in [0.4, 0.5) is 15.8 Å². The number of halogens is 2. The predicted molar refractivity (Wildman–Crippen MR) is 77.0 cm³/mol. The van der Waals surface area contributed by atoms with E-state index in [1.807, 2.05) is 12.1 Å². The number of benzene rings is 2. The Labute approximate surface area is 116 Å². The van der Waals surface area contributed by atoms with Crippen molar-refractivity contribution in [2.45, 2.75) is 13.0 Å². The minimum atomic E-state index is -0.383. The second-order valence-electron chi connectivity index (χ2n) is 4.77. The highest BCUT2D eigenvalue weighted by molar-refractivity contribution is 6.30. The molecule has 19 heavy (non-hydrogen) atoms. The molecule has 1 aliphatic heterocycles. The van der Waals surface area contributed by atoms with Crippen LogP contribution in [0.1, 0.15) is 11.1 Å². The second-order valence-corrected chi connectivity index (χ2v) is 5.18. The largest absolute Gasteiger partial charge is 0.397 e. The molecule has 1 heterocycles. The molecule has 0 atom stereocenters. The van der Waals surface area contributed by atoms with Crippen molar-refractivity contribution in [2.75, 3.05) is 17.2 Å². The average molecular weight is 277 g/mol. The predicted octanol–water partition coefficient (Wildman–Crippen LogP) is 3.62. The first-order valence-electron chi connectivity index (χ1n) is 6.21. The Hall–Kier alpha value is -1.74. The van der Waals surface area contributed by atoms with E-state index in [4.69, 9.17) is 17.3 Å². The molecule has 1 aliphatic rings. The highest BCUT2D eigenvalue weighted by Gasteiger charge is 2.21. The molecule has 2 nitrogen and oxygen atoms in total. The van der Waals surface area contributed by atoms with E-state index in [2.05, 4.69) is 11.0 Å². The Kier molecular flexibility index (Phi) is 3.07. The van der Waals surface area contributed by atoms with Crippen LogP contribution in [0.3, 0.4) is 0 Å². The van der Waals surface area contributed by atoms with Crippen molar-refractivity contribution in [3.05, 3.63) is 58.4 Å². The number of para-hydroxylation sites is 1. The molecule has 0 aliphatic carbocycles. The van der Waals surface area contributed by atoms with E-state index in [9.17, 15) is 4.39 Å². The molecule has 98 valence electrons. The minimum Gasteiger partial charge on any atom is -0.397 e. The summed E-state index contributed by atoms with van der Waals surface area (Å²) >= 11 is 5.81. The molecule has 0 saturated heterocycles. The molecule has 2 aromatic rings. The number of hydrogen-bond donors (Lipinski definition) is 1. The van der Waals surface area contributed by atoms with Gasteiger partial charge in [0.05, 0.1) is 16.4 Å². The van der Waals surface area contributed by atoms with Gasteiger partial charge in [0.15, 0.2) is 0 Å². The van der Waals surface area contributed by atoms with Gasteiger partial charge in [-0.3, -0.25) is 0 Å². The summed E-state index contributed by atoms with van der Waals surface area (Å²) in [5.41, 5.74) is 10.2. The topological polar surface area (TPSA) is 29.3 Å². The van der Waals surface area contributed by atoms with Crippen LogP contribution in [0, 0.1) is 5.82 Å². The summed E-state index contributed by atoms with van der Waals surface area (Å²) in [5.74, 6) is -0.383. The van der Waals surface area contributed by atoms with Gasteiger partial charge in [0.2, 0.25) is 0 Å². The Morgan fingerprint density at radius 1 is 1.26 bits per heavy atom. The van der Waals surface area contributed by atoms with Gasteiger partial charge < -0.3 is 10.6 Å². The van der Waals surface area contributed by atoms with Crippen LogP contribution < -0.4 is 10.6 Å². The van der Waals surface area contributed by atoms with Gasteiger partial charge in [0, 0.05) is 13.1 Å². The zero-order chi connectivity index (χ0) is 13.4. The lowest BCUT2D eigenvalue weighted by molar-refractivity contribution is 0.627. The third-order valence-electron chi connectivity index (χ3n) is 3.48. The van der Waals surface area contributed by atoms with Gasteiger partial charge in [-0.2, -0.15) is 0 Å². The van der Waals surface area contributed by atoms with Crippen LogP contribution in [-0.4, -0.2) is 6.54 Å². The molecule has 0 unspecified atom stereocenters. The average Bonchev–Trinajstić information content (AvgIpc) is 2.79. The van der Waals surface area contributed by atoms with Crippen LogP contribution >= 0.6 is 11.6 Å².